The predicted octanol–water partition coefficient (Wildman–Crippen LogP) is 5.53. The zero-order valence-electron chi connectivity index (χ0n) is 11.6. The molecule has 0 N–H and O–H groups in total. The second kappa shape index (κ2) is 5.88. The molecule has 0 amide bonds. The van der Waals surface area contributed by atoms with Crippen LogP contribution in [0.5, 0.6) is 0 Å². The molecule has 2 atom stereocenters. The Labute approximate surface area is 121 Å². The van der Waals surface area contributed by atoms with Gasteiger partial charge in [-0.2, -0.15) is 0 Å². The van der Waals surface area contributed by atoms with E-state index in [0.29, 0.717) is 5.38 Å². The van der Waals surface area contributed by atoms with E-state index in [-0.39, 0.29) is 5.41 Å². The van der Waals surface area contributed by atoms with Gasteiger partial charge in [0.05, 0.1) is 0 Å². The average Bonchev–Trinajstić information content (AvgIpc) is 2.70. The second-order valence-electron chi connectivity index (χ2n) is 6.32. The largest absolute Gasteiger partial charge is 0.122 e. The van der Waals surface area contributed by atoms with Crippen molar-refractivity contribution in [2.75, 3.05) is 0 Å². The van der Waals surface area contributed by atoms with Gasteiger partial charge >= 0.3 is 0 Å². The van der Waals surface area contributed by atoms with E-state index >= 15 is 0 Å². The maximum absolute atomic E-state index is 6.42. The van der Waals surface area contributed by atoms with Crippen molar-refractivity contribution < 1.29 is 0 Å². The number of benzene rings is 1. The highest BCUT2D eigenvalue weighted by molar-refractivity contribution is 8.00. The maximum atomic E-state index is 6.42. The van der Waals surface area contributed by atoms with E-state index in [1.54, 1.807) is 0 Å². The number of halogens is 1. The molecular weight excluding hydrogens is 260 g/mol. The Kier molecular flexibility index (Phi) is 4.66. The minimum Gasteiger partial charge on any atom is -0.122 e. The molecule has 1 aromatic carbocycles. The summed E-state index contributed by atoms with van der Waals surface area (Å²) in [4.78, 5) is 1.49. The Hall–Kier alpha value is -0.140. The van der Waals surface area contributed by atoms with Gasteiger partial charge in [0.2, 0.25) is 0 Å². The first kappa shape index (κ1) is 14.3. The highest BCUT2D eigenvalue weighted by Crippen LogP contribution is 2.39. The van der Waals surface area contributed by atoms with Crippen LogP contribution in [0, 0.1) is 5.41 Å². The van der Waals surface area contributed by atoms with Gasteiger partial charge in [0.1, 0.15) is 0 Å². The van der Waals surface area contributed by atoms with Crippen LogP contribution in [0.3, 0.4) is 0 Å². The standard InChI is InChI=1S/C16H23ClS/c1-16(2,3)15(17)10-6-8-13-11-12-7-4-5-9-14(12)18-13/h4-5,7,9,13,15H,6,8,10-11H2,1-3H3. The van der Waals surface area contributed by atoms with Gasteiger partial charge in [0.25, 0.3) is 0 Å². The Bertz CT molecular complexity index is 369. The van der Waals surface area contributed by atoms with Gasteiger partial charge in [-0.05, 0) is 36.3 Å². The number of fused-ring (bicyclic) bond motifs is 1. The van der Waals surface area contributed by atoms with Crippen LogP contribution in [0.1, 0.15) is 45.6 Å². The van der Waals surface area contributed by atoms with Crippen molar-refractivity contribution in [3.63, 3.8) is 0 Å². The summed E-state index contributed by atoms with van der Waals surface area (Å²) in [7, 11) is 0. The van der Waals surface area contributed by atoms with Crippen molar-refractivity contribution >= 4 is 23.4 Å². The average molecular weight is 283 g/mol. The molecule has 0 bridgehead atoms. The summed E-state index contributed by atoms with van der Waals surface area (Å²) in [6.45, 7) is 6.68. The quantitative estimate of drug-likeness (QED) is 0.655. The Morgan fingerprint density at radius 1 is 1.33 bits per heavy atom. The topological polar surface area (TPSA) is 0 Å². The lowest BCUT2D eigenvalue weighted by Crippen LogP contribution is -2.20. The first-order chi connectivity index (χ1) is 8.47. The Morgan fingerprint density at radius 3 is 2.72 bits per heavy atom. The third-order valence-corrected chi connectivity index (χ3v) is 5.90. The molecule has 0 saturated carbocycles. The molecule has 2 rings (SSSR count). The SMILES string of the molecule is CC(C)(C)C(Cl)CCCC1Cc2ccccc2S1. The molecule has 0 aliphatic carbocycles. The molecule has 1 aliphatic rings. The monoisotopic (exact) mass is 282 g/mol. The minimum atomic E-state index is 0.230. The fraction of sp³-hybridized carbons (Fsp3) is 0.625. The molecule has 0 saturated heterocycles. The predicted molar refractivity (Wildman–Crippen MR) is 82.7 cm³/mol. The fourth-order valence-electron chi connectivity index (χ4n) is 2.37. The summed E-state index contributed by atoms with van der Waals surface area (Å²) in [5.74, 6) is 0. The Morgan fingerprint density at radius 2 is 2.06 bits per heavy atom. The zero-order chi connectivity index (χ0) is 13.2. The third kappa shape index (κ3) is 3.68. The van der Waals surface area contributed by atoms with Crippen LogP contribution < -0.4 is 0 Å². The summed E-state index contributed by atoms with van der Waals surface area (Å²) in [5, 5.41) is 1.07. The molecule has 100 valence electrons. The molecule has 0 spiro atoms. The van der Waals surface area contributed by atoms with Gasteiger partial charge in [0.15, 0.2) is 0 Å². The van der Waals surface area contributed by atoms with Gasteiger partial charge in [-0.3, -0.25) is 0 Å². The molecule has 2 heteroatoms. The molecule has 0 nitrogen and oxygen atoms in total. The first-order valence-electron chi connectivity index (χ1n) is 6.85. The van der Waals surface area contributed by atoms with E-state index in [1.807, 2.05) is 0 Å². The number of hydrogen-bond donors (Lipinski definition) is 0. The lowest BCUT2D eigenvalue weighted by atomic mass is 9.88. The van der Waals surface area contributed by atoms with Crippen LogP contribution in [0.25, 0.3) is 0 Å². The number of thioether (sulfide) groups is 1. The molecule has 0 aromatic heterocycles. The molecule has 1 aromatic rings. The van der Waals surface area contributed by atoms with E-state index in [2.05, 4.69) is 56.8 Å². The van der Waals surface area contributed by atoms with Crippen LogP contribution in [0.4, 0.5) is 0 Å². The Balaban J connectivity index is 1.74. The van der Waals surface area contributed by atoms with Crippen molar-refractivity contribution in [3.8, 4) is 0 Å². The van der Waals surface area contributed by atoms with Gasteiger partial charge in [-0.25, -0.2) is 0 Å². The van der Waals surface area contributed by atoms with E-state index < -0.39 is 0 Å². The molecule has 2 unspecified atom stereocenters. The molecule has 0 radical (unpaired) electrons. The van der Waals surface area contributed by atoms with E-state index in [4.69, 9.17) is 11.6 Å². The summed E-state index contributed by atoms with van der Waals surface area (Å²) in [6.07, 6.45) is 4.91. The molecule has 18 heavy (non-hydrogen) atoms. The van der Waals surface area contributed by atoms with Crippen molar-refractivity contribution in [2.45, 2.75) is 62.0 Å². The van der Waals surface area contributed by atoms with E-state index in [0.717, 1.165) is 11.7 Å². The van der Waals surface area contributed by atoms with Crippen LogP contribution >= 0.6 is 23.4 Å². The lowest BCUT2D eigenvalue weighted by Gasteiger charge is -2.25. The molecule has 0 fully saturated rings. The van der Waals surface area contributed by atoms with Crippen molar-refractivity contribution in [2.24, 2.45) is 5.41 Å². The molecular formula is C16H23ClS. The van der Waals surface area contributed by atoms with E-state index in [1.165, 1.54) is 29.7 Å². The summed E-state index contributed by atoms with van der Waals surface area (Å²) >= 11 is 8.48. The first-order valence-corrected chi connectivity index (χ1v) is 8.17. The fourth-order valence-corrected chi connectivity index (χ4v) is 3.89. The number of alkyl halides is 1. The number of rotatable bonds is 4. The second-order valence-corrected chi connectivity index (χ2v) is 8.19. The van der Waals surface area contributed by atoms with Gasteiger partial charge in [-0.1, -0.05) is 45.4 Å². The van der Waals surface area contributed by atoms with Crippen LogP contribution in [-0.4, -0.2) is 10.6 Å². The summed E-state index contributed by atoms with van der Waals surface area (Å²) in [6, 6.07) is 8.81. The van der Waals surface area contributed by atoms with Crippen molar-refractivity contribution in [1.29, 1.82) is 0 Å². The van der Waals surface area contributed by atoms with Crippen LogP contribution in [0.15, 0.2) is 29.2 Å². The summed E-state index contributed by atoms with van der Waals surface area (Å²) in [5.41, 5.74) is 1.76. The van der Waals surface area contributed by atoms with Crippen molar-refractivity contribution in [3.05, 3.63) is 29.8 Å². The van der Waals surface area contributed by atoms with Gasteiger partial charge in [-0.15, -0.1) is 23.4 Å². The van der Waals surface area contributed by atoms with Gasteiger partial charge < -0.3 is 0 Å². The lowest BCUT2D eigenvalue weighted by molar-refractivity contribution is 0.366. The number of hydrogen-bond acceptors (Lipinski definition) is 1. The third-order valence-electron chi connectivity index (χ3n) is 3.64. The molecule has 1 aliphatic heterocycles. The smallest absolute Gasteiger partial charge is 0.0384 e. The molecule has 1 heterocycles. The van der Waals surface area contributed by atoms with Crippen molar-refractivity contribution in [1.82, 2.24) is 0 Å². The minimum absolute atomic E-state index is 0.230. The summed E-state index contributed by atoms with van der Waals surface area (Å²) < 4.78 is 0. The van der Waals surface area contributed by atoms with Crippen LogP contribution in [-0.2, 0) is 6.42 Å². The normalized spacial score (nSPS) is 20.8. The van der Waals surface area contributed by atoms with Gasteiger partial charge in [0, 0.05) is 15.5 Å². The highest BCUT2D eigenvalue weighted by atomic mass is 35.5. The highest BCUT2D eigenvalue weighted by Gasteiger charge is 2.24. The zero-order valence-corrected chi connectivity index (χ0v) is 13.2. The van der Waals surface area contributed by atoms with Crippen LogP contribution in [0.2, 0.25) is 0 Å². The maximum Gasteiger partial charge on any atom is 0.0384 e. The van der Waals surface area contributed by atoms with E-state index in [9.17, 15) is 0 Å².